The molecule has 0 spiro atoms. The summed E-state index contributed by atoms with van der Waals surface area (Å²) in [5.41, 5.74) is 13.3. The number of anilines is 6. The molecule has 0 amide bonds. The van der Waals surface area contributed by atoms with Gasteiger partial charge in [0.2, 0.25) is 23.8 Å². The van der Waals surface area contributed by atoms with Gasteiger partial charge in [-0.15, -0.1) is 0 Å². The van der Waals surface area contributed by atoms with Gasteiger partial charge in [-0.1, -0.05) is 30.4 Å². The Balaban J connectivity index is 1.26. The summed E-state index contributed by atoms with van der Waals surface area (Å²) in [5, 5.41) is 2.88. The number of hydrogen-bond donors (Lipinski definition) is 5. The number of nitrogens with one attached hydrogen (secondary N) is 1. The van der Waals surface area contributed by atoms with Gasteiger partial charge in [-0.2, -0.15) is 36.8 Å². The highest BCUT2D eigenvalue weighted by molar-refractivity contribution is 7.86. The minimum atomic E-state index is -4.77. The number of benzene rings is 2. The number of hydrogen-bond acceptors (Lipinski definition) is 16. The molecular weight excluding hydrogens is 693 g/mol. The molecule has 0 atom stereocenters. The van der Waals surface area contributed by atoms with E-state index in [2.05, 4.69) is 30.2 Å². The first-order valence-corrected chi connectivity index (χ1v) is 18.2. The van der Waals surface area contributed by atoms with Crippen LogP contribution in [0.1, 0.15) is 22.4 Å². The molecule has 6 rings (SSSR count). The average molecular weight is 727 g/mol. The van der Waals surface area contributed by atoms with E-state index in [1.165, 1.54) is 36.4 Å². The third kappa shape index (κ3) is 8.59. The van der Waals surface area contributed by atoms with Crippen LogP contribution in [0.4, 0.5) is 35.3 Å². The predicted molar refractivity (Wildman–Crippen MR) is 184 cm³/mol. The Kier molecular flexibility index (Phi) is 10.1. The van der Waals surface area contributed by atoms with Crippen molar-refractivity contribution < 1.29 is 35.4 Å². The van der Waals surface area contributed by atoms with Crippen molar-refractivity contribution in [3.05, 3.63) is 64.8 Å². The maximum Gasteiger partial charge on any atom is 0.295 e. The number of morpholine rings is 2. The van der Waals surface area contributed by atoms with Crippen LogP contribution in [0.25, 0.3) is 12.2 Å². The minimum absolute atomic E-state index is 0.0275. The lowest BCUT2D eigenvalue weighted by molar-refractivity contribution is 0.122. The second-order valence-electron chi connectivity index (χ2n) is 11.3. The Hall–Kier alpha value is -4.99. The monoisotopic (exact) mass is 726 g/mol. The third-order valence-electron chi connectivity index (χ3n) is 7.75. The van der Waals surface area contributed by atoms with Crippen molar-refractivity contribution in [2.24, 2.45) is 0 Å². The molecule has 20 heteroatoms. The molecule has 2 saturated heterocycles. The maximum atomic E-state index is 12.5. The van der Waals surface area contributed by atoms with Crippen molar-refractivity contribution in [2.45, 2.75) is 16.2 Å². The molecule has 50 heavy (non-hydrogen) atoms. The highest BCUT2D eigenvalue weighted by Crippen LogP contribution is 2.27. The van der Waals surface area contributed by atoms with Gasteiger partial charge in [0.05, 0.1) is 32.1 Å². The summed E-state index contributed by atoms with van der Waals surface area (Å²) < 4.78 is 80.7. The highest BCUT2D eigenvalue weighted by atomic mass is 32.2. The molecule has 0 bridgehead atoms. The van der Waals surface area contributed by atoms with E-state index in [1.54, 1.807) is 12.1 Å². The molecule has 0 radical (unpaired) electrons. The van der Waals surface area contributed by atoms with E-state index in [1.807, 2.05) is 9.80 Å². The van der Waals surface area contributed by atoms with Gasteiger partial charge < -0.3 is 36.1 Å². The number of rotatable bonds is 10. The van der Waals surface area contributed by atoms with Gasteiger partial charge in [-0.05, 0) is 34.9 Å². The SMILES string of the molecule is Nc1cc(Cc2ccc(/C=C/c3ccc(Nc4nc(N)nc(N5CCOCC5)n4)cc3S(=O)(=O)O)c(S(=O)(=O)O)c2)nc(N2CCOCC2)n1. The second-order valence-corrected chi connectivity index (χ2v) is 14.1. The smallest absolute Gasteiger partial charge is 0.295 e. The Morgan fingerprint density at radius 2 is 1.28 bits per heavy atom. The van der Waals surface area contributed by atoms with E-state index >= 15 is 0 Å². The molecule has 2 aliphatic rings. The van der Waals surface area contributed by atoms with Crippen LogP contribution in [-0.2, 0) is 36.1 Å². The zero-order chi connectivity index (χ0) is 35.5. The lowest BCUT2D eigenvalue weighted by Crippen LogP contribution is -2.37. The van der Waals surface area contributed by atoms with Crippen LogP contribution in [0.2, 0.25) is 0 Å². The molecule has 7 N–H and O–H groups in total. The summed E-state index contributed by atoms with van der Waals surface area (Å²) >= 11 is 0. The van der Waals surface area contributed by atoms with E-state index in [9.17, 15) is 25.9 Å². The van der Waals surface area contributed by atoms with Crippen molar-refractivity contribution in [2.75, 3.05) is 79.2 Å². The van der Waals surface area contributed by atoms with E-state index in [-0.39, 0.29) is 40.9 Å². The van der Waals surface area contributed by atoms with Gasteiger partial charge in [-0.25, -0.2) is 4.98 Å². The predicted octanol–water partition coefficient (Wildman–Crippen LogP) is 1.50. The molecule has 2 fully saturated rings. The van der Waals surface area contributed by atoms with E-state index < -0.39 is 30.0 Å². The van der Waals surface area contributed by atoms with Crippen LogP contribution >= 0.6 is 0 Å². The molecule has 2 aromatic carbocycles. The Labute approximate surface area is 287 Å². The number of nitrogens with two attached hydrogens (primary N) is 2. The molecule has 4 heterocycles. The summed E-state index contributed by atoms with van der Waals surface area (Å²) in [5.74, 6) is 0.986. The molecule has 0 unspecified atom stereocenters. The van der Waals surface area contributed by atoms with Crippen LogP contribution in [0.15, 0.2) is 52.3 Å². The van der Waals surface area contributed by atoms with Crippen LogP contribution in [-0.4, -0.2) is 103 Å². The fourth-order valence-corrected chi connectivity index (χ4v) is 6.83. The Morgan fingerprint density at radius 1 is 0.720 bits per heavy atom. The first-order chi connectivity index (χ1) is 23.8. The van der Waals surface area contributed by atoms with Gasteiger partial charge in [-0.3, -0.25) is 9.11 Å². The standard InChI is InChI=1S/C30H34N10O8S2/c31-26-18-23(34-29(35-26)39-7-11-47-12-8-39)15-19-1-2-20(24(16-19)49(41,42)43)3-4-21-5-6-22(17-25(21)50(44,45)46)33-28-36-27(32)37-30(38-28)40-9-13-48-14-10-40/h1-6,16-18H,7-15H2,(H2,31,34,35)(H,41,42,43)(H,44,45,46)(H3,32,33,36,37,38)/b4-3+. The zero-order valence-electron chi connectivity index (χ0n) is 26.5. The summed E-state index contributed by atoms with van der Waals surface area (Å²) in [6.07, 6.45) is 2.79. The molecule has 0 saturated carbocycles. The van der Waals surface area contributed by atoms with Crippen molar-refractivity contribution in [1.29, 1.82) is 0 Å². The summed E-state index contributed by atoms with van der Waals surface area (Å²) in [6.45, 7) is 4.33. The zero-order valence-corrected chi connectivity index (χ0v) is 28.1. The lowest BCUT2D eigenvalue weighted by atomic mass is 10.1. The van der Waals surface area contributed by atoms with E-state index in [0.717, 1.165) is 6.07 Å². The average Bonchev–Trinajstić information content (AvgIpc) is 3.07. The summed E-state index contributed by atoms with van der Waals surface area (Å²) in [7, 11) is -9.50. The lowest BCUT2D eigenvalue weighted by Gasteiger charge is -2.27. The molecule has 18 nitrogen and oxygen atoms in total. The molecule has 2 aliphatic heterocycles. The largest absolute Gasteiger partial charge is 0.384 e. The fourth-order valence-electron chi connectivity index (χ4n) is 5.38. The number of ether oxygens (including phenoxy) is 2. The minimum Gasteiger partial charge on any atom is -0.384 e. The maximum absolute atomic E-state index is 12.5. The molecule has 2 aromatic heterocycles. The number of aromatic nitrogens is 5. The number of nitrogen functional groups attached to an aromatic ring is 2. The summed E-state index contributed by atoms with van der Waals surface area (Å²) in [6, 6.07) is 10.0. The van der Waals surface area contributed by atoms with Gasteiger partial charge in [0, 0.05) is 44.4 Å². The van der Waals surface area contributed by atoms with Crippen LogP contribution in [0, 0.1) is 0 Å². The van der Waals surface area contributed by atoms with Crippen molar-refractivity contribution in [1.82, 2.24) is 24.9 Å². The molecular formula is C30H34N10O8S2. The fraction of sp³-hybridized carbons (Fsp3) is 0.300. The highest BCUT2D eigenvalue weighted by Gasteiger charge is 2.21. The Morgan fingerprint density at radius 3 is 1.88 bits per heavy atom. The topological polar surface area (TPSA) is 262 Å². The van der Waals surface area contributed by atoms with Gasteiger partial charge in [0.1, 0.15) is 15.6 Å². The van der Waals surface area contributed by atoms with Crippen molar-refractivity contribution >= 4 is 67.7 Å². The number of nitrogens with zero attached hydrogens (tertiary/aromatic N) is 7. The first kappa shape index (κ1) is 34.9. The van der Waals surface area contributed by atoms with Crippen LogP contribution in [0.3, 0.4) is 0 Å². The quantitative estimate of drug-likeness (QED) is 0.114. The molecule has 264 valence electrons. The van der Waals surface area contributed by atoms with Crippen molar-refractivity contribution in [3.63, 3.8) is 0 Å². The third-order valence-corrected chi connectivity index (χ3v) is 9.57. The first-order valence-electron chi connectivity index (χ1n) is 15.3. The normalized spacial score (nSPS) is 15.8. The Bertz CT molecular complexity index is 1990. The second kappa shape index (κ2) is 14.5. The van der Waals surface area contributed by atoms with Gasteiger partial charge >= 0.3 is 0 Å². The van der Waals surface area contributed by atoms with Crippen LogP contribution < -0.4 is 26.6 Å². The summed E-state index contributed by atoms with van der Waals surface area (Å²) in [4.78, 5) is 24.4. The van der Waals surface area contributed by atoms with E-state index in [0.29, 0.717) is 75.8 Å². The van der Waals surface area contributed by atoms with Gasteiger partial charge in [0.15, 0.2) is 0 Å². The van der Waals surface area contributed by atoms with E-state index in [4.69, 9.17) is 20.9 Å². The molecule has 0 aliphatic carbocycles. The van der Waals surface area contributed by atoms with Crippen LogP contribution in [0.5, 0.6) is 0 Å². The van der Waals surface area contributed by atoms with Crippen molar-refractivity contribution in [3.8, 4) is 0 Å². The van der Waals surface area contributed by atoms with Gasteiger partial charge in [0.25, 0.3) is 20.2 Å². The molecule has 4 aromatic rings.